The summed E-state index contributed by atoms with van der Waals surface area (Å²) in [6.07, 6.45) is 1.89. The van der Waals surface area contributed by atoms with Crippen molar-refractivity contribution in [1.82, 2.24) is 9.91 Å². The van der Waals surface area contributed by atoms with Crippen LogP contribution in [0.25, 0.3) is 0 Å². The lowest BCUT2D eigenvalue weighted by atomic mass is 9.97. The van der Waals surface area contributed by atoms with Gasteiger partial charge in [0.25, 0.3) is 5.91 Å². The highest BCUT2D eigenvalue weighted by atomic mass is 19.1. The van der Waals surface area contributed by atoms with Gasteiger partial charge in [-0.05, 0) is 80.4 Å². The van der Waals surface area contributed by atoms with Gasteiger partial charge in [-0.1, -0.05) is 12.1 Å². The van der Waals surface area contributed by atoms with Crippen LogP contribution in [-0.4, -0.2) is 60.8 Å². The number of carbonyl (C=O) groups is 2. The number of benzene rings is 2. The fourth-order valence-corrected chi connectivity index (χ4v) is 4.49. The summed E-state index contributed by atoms with van der Waals surface area (Å²) in [6, 6.07) is 13.5. The van der Waals surface area contributed by atoms with E-state index in [0.29, 0.717) is 39.0 Å². The van der Waals surface area contributed by atoms with E-state index in [0.717, 1.165) is 22.6 Å². The van der Waals surface area contributed by atoms with Crippen LogP contribution in [0.1, 0.15) is 43.4 Å². The van der Waals surface area contributed by atoms with E-state index in [1.54, 1.807) is 26.2 Å². The third-order valence-electron chi connectivity index (χ3n) is 6.41. The SMILES string of the molecule is CCOC(=O)C1CCN(CC(=O)N2N=C(c3ccc(OC)cc3)CC2c2ccc(F)cc2)CC1. The van der Waals surface area contributed by atoms with Crippen molar-refractivity contribution < 1.29 is 23.5 Å². The summed E-state index contributed by atoms with van der Waals surface area (Å²) in [5, 5.41) is 6.22. The van der Waals surface area contributed by atoms with Crippen molar-refractivity contribution >= 4 is 17.6 Å². The van der Waals surface area contributed by atoms with Crippen LogP contribution in [0, 0.1) is 11.7 Å². The summed E-state index contributed by atoms with van der Waals surface area (Å²) in [5.74, 6) is 0.0484. The van der Waals surface area contributed by atoms with E-state index in [-0.39, 0.29) is 36.2 Å². The van der Waals surface area contributed by atoms with E-state index in [1.165, 1.54) is 17.1 Å². The minimum atomic E-state index is -0.319. The molecule has 0 radical (unpaired) electrons. The van der Waals surface area contributed by atoms with Crippen LogP contribution in [0.15, 0.2) is 53.6 Å². The maximum atomic E-state index is 13.5. The maximum Gasteiger partial charge on any atom is 0.309 e. The Hall–Kier alpha value is -3.26. The molecule has 180 valence electrons. The van der Waals surface area contributed by atoms with Crippen LogP contribution in [0.4, 0.5) is 4.39 Å². The first-order valence-electron chi connectivity index (χ1n) is 11.7. The second-order valence-corrected chi connectivity index (χ2v) is 8.59. The van der Waals surface area contributed by atoms with E-state index >= 15 is 0 Å². The van der Waals surface area contributed by atoms with E-state index < -0.39 is 0 Å². The highest BCUT2D eigenvalue weighted by Gasteiger charge is 2.35. The number of nitrogens with zero attached hydrogens (tertiary/aromatic N) is 3. The fourth-order valence-electron chi connectivity index (χ4n) is 4.49. The standard InChI is InChI=1S/C26H30FN3O4/c1-3-34-26(32)20-12-14-29(15-13-20)17-25(31)30-24(19-4-8-21(27)9-5-19)16-23(28-30)18-6-10-22(33-2)11-7-18/h4-11,20,24H,3,12-17H2,1-2H3. The first-order chi connectivity index (χ1) is 16.5. The number of halogens is 1. The molecule has 1 atom stereocenters. The van der Waals surface area contributed by atoms with Crippen molar-refractivity contribution in [2.24, 2.45) is 11.0 Å². The second-order valence-electron chi connectivity index (χ2n) is 8.59. The Morgan fingerprint density at radius 1 is 1.06 bits per heavy atom. The largest absolute Gasteiger partial charge is 0.497 e. The molecule has 2 aliphatic rings. The number of amides is 1. The Kier molecular flexibility index (Phi) is 7.57. The monoisotopic (exact) mass is 467 g/mol. The van der Waals surface area contributed by atoms with Crippen molar-refractivity contribution in [3.05, 3.63) is 65.5 Å². The lowest BCUT2D eigenvalue weighted by molar-refractivity contribution is -0.149. The van der Waals surface area contributed by atoms with Crippen LogP contribution in [0.2, 0.25) is 0 Å². The van der Waals surface area contributed by atoms with Gasteiger partial charge in [0.05, 0.1) is 37.9 Å². The predicted octanol–water partition coefficient (Wildman–Crippen LogP) is 3.79. The predicted molar refractivity (Wildman–Crippen MR) is 126 cm³/mol. The molecule has 2 aliphatic heterocycles. The maximum absolute atomic E-state index is 13.5. The van der Waals surface area contributed by atoms with E-state index in [1.807, 2.05) is 24.3 Å². The normalized spacial score (nSPS) is 19.1. The molecule has 0 saturated carbocycles. The van der Waals surface area contributed by atoms with Gasteiger partial charge in [-0.15, -0.1) is 0 Å². The summed E-state index contributed by atoms with van der Waals surface area (Å²) in [7, 11) is 1.61. The molecular weight excluding hydrogens is 437 g/mol. The van der Waals surface area contributed by atoms with Gasteiger partial charge < -0.3 is 9.47 Å². The number of ether oxygens (including phenoxy) is 2. The van der Waals surface area contributed by atoms with Gasteiger partial charge in [-0.2, -0.15) is 5.10 Å². The molecule has 1 amide bonds. The molecule has 2 aromatic rings. The molecule has 0 aliphatic carbocycles. The average molecular weight is 468 g/mol. The first kappa shape index (κ1) is 23.9. The summed E-state index contributed by atoms with van der Waals surface area (Å²) >= 11 is 0. The minimum absolute atomic E-state index is 0.107. The Morgan fingerprint density at radius 2 is 1.74 bits per heavy atom. The zero-order valence-electron chi connectivity index (χ0n) is 19.6. The van der Waals surface area contributed by atoms with Crippen molar-refractivity contribution in [3.63, 3.8) is 0 Å². The molecular formula is C26H30FN3O4. The summed E-state index contributed by atoms with van der Waals surface area (Å²) in [6.45, 7) is 3.71. The van der Waals surface area contributed by atoms with Crippen LogP contribution < -0.4 is 4.74 Å². The van der Waals surface area contributed by atoms with Crippen molar-refractivity contribution in [2.45, 2.75) is 32.2 Å². The summed E-state index contributed by atoms with van der Waals surface area (Å²) in [4.78, 5) is 27.4. The average Bonchev–Trinajstić information content (AvgIpc) is 3.31. The number of methoxy groups -OCH3 is 1. The third-order valence-corrected chi connectivity index (χ3v) is 6.41. The fraction of sp³-hybridized carbons (Fsp3) is 0.423. The van der Waals surface area contributed by atoms with E-state index in [9.17, 15) is 14.0 Å². The second kappa shape index (κ2) is 10.8. The number of likely N-dealkylation sites (tertiary alicyclic amines) is 1. The van der Waals surface area contributed by atoms with Crippen LogP contribution >= 0.6 is 0 Å². The molecule has 1 fully saturated rings. The van der Waals surface area contributed by atoms with Gasteiger partial charge in [0.1, 0.15) is 11.6 Å². The van der Waals surface area contributed by atoms with Gasteiger partial charge in [0.15, 0.2) is 0 Å². The van der Waals surface area contributed by atoms with Gasteiger partial charge in [0.2, 0.25) is 0 Å². The molecule has 0 spiro atoms. The topological polar surface area (TPSA) is 71.4 Å². The number of rotatable bonds is 7. The summed E-state index contributed by atoms with van der Waals surface area (Å²) < 4.78 is 23.9. The number of carbonyl (C=O) groups excluding carboxylic acids is 2. The molecule has 1 unspecified atom stereocenters. The van der Waals surface area contributed by atoms with Crippen LogP contribution in [0.3, 0.4) is 0 Å². The Bertz CT molecular complexity index is 1030. The smallest absolute Gasteiger partial charge is 0.309 e. The molecule has 4 rings (SSSR count). The lowest BCUT2D eigenvalue weighted by Gasteiger charge is -2.31. The minimum Gasteiger partial charge on any atom is -0.497 e. The Balaban J connectivity index is 1.48. The highest BCUT2D eigenvalue weighted by molar-refractivity contribution is 6.03. The molecule has 0 bridgehead atoms. The quantitative estimate of drug-likeness (QED) is 0.580. The number of hydrogen-bond donors (Lipinski definition) is 0. The highest BCUT2D eigenvalue weighted by Crippen LogP contribution is 2.33. The zero-order valence-corrected chi connectivity index (χ0v) is 19.6. The van der Waals surface area contributed by atoms with Gasteiger partial charge in [-0.3, -0.25) is 14.5 Å². The number of esters is 1. The number of hydrogen-bond acceptors (Lipinski definition) is 6. The zero-order chi connectivity index (χ0) is 24.1. The third kappa shape index (κ3) is 5.44. The Labute approximate surface area is 199 Å². The molecule has 34 heavy (non-hydrogen) atoms. The lowest BCUT2D eigenvalue weighted by Crippen LogP contribution is -2.43. The van der Waals surface area contributed by atoms with Crippen molar-refractivity contribution in [2.75, 3.05) is 33.4 Å². The Morgan fingerprint density at radius 3 is 2.35 bits per heavy atom. The summed E-state index contributed by atoms with van der Waals surface area (Å²) in [5.41, 5.74) is 2.55. The van der Waals surface area contributed by atoms with E-state index in [2.05, 4.69) is 4.90 Å². The molecule has 2 aromatic carbocycles. The molecule has 2 heterocycles. The van der Waals surface area contributed by atoms with Gasteiger partial charge >= 0.3 is 5.97 Å². The molecule has 0 aromatic heterocycles. The molecule has 7 nitrogen and oxygen atoms in total. The van der Waals surface area contributed by atoms with Crippen LogP contribution in [0.5, 0.6) is 5.75 Å². The van der Waals surface area contributed by atoms with Crippen LogP contribution in [-0.2, 0) is 14.3 Å². The first-order valence-corrected chi connectivity index (χ1v) is 11.7. The van der Waals surface area contributed by atoms with E-state index in [4.69, 9.17) is 14.6 Å². The van der Waals surface area contributed by atoms with Gasteiger partial charge in [-0.25, -0.2) is 9.40 Å². The van der Waals surface area contributed by atoms with Crippen molar-refractivity contribution in [1.29, 1.82) is 0 Å². The molecule has 1 saturated heterocycles. The number of hydrazone groups is 1. The van der Waals surface area contributed by atoms with Gasteiger partial charge in [0, 0.05) is 6.42 Å². The van der Waals surface area contributed by atoms with Crippen molar-refractivity contribution in [3.8, 4) is 5.75 Å². The number of piperidine rings is 1. The molecule has 0 N–H and O–H groups in total. The molecule has 8 heteroatoms.